The van der Waals surface area contributed by atoms with E-state index in [1.54, 1.807) is 6.20 Å². The second-order valence-corrected chi connectivity index (χ2v) is 7.36. The molecule has 6 N–H and O–H groups in total. The maximum Gasteiger partial charge on any atom is 0.326 e. The van der Waals surface area contributed by atoms with Crippen LogP contribution in [0.1, 0.15) is 24.8 Å². The molecule has 1 aliphatic rings. The Balaban J connectivity index is 1.86. The second kappa shape index (κ2) is 8.95. The van der Waals surface area contributed by atoms with Gasteiger partial charge in [0.2, 0.25) is 11.8 Å². The fourth-order valence-corrected chi connectivity index (χ4v) is 3.77. The zero-order valence-electron chi connectivity index (χ0n) is 16.2. The molecular weight excluding hydrogens is 392 g/mol. The molecule has 2 aromatic rings. The van der Waals surface area contributed by atoms with Gasteiger partial charge in [0.25, 0.3) is 0 Å². The van der Waals surface area contributed by atoms with Crippen LogP contribution in [0.5, 0.6) is 0 Å². The highest BCUT2D eigenvalue weighted by atomic mass is 16.4. The monoisotopic (exact) mass is 416 g/mol. The Hall–Kier alpha value is -3.40. The summed E-state index contributed by atoms with van der Waals surface area (Å²) in [6, 6.07) is 4.10. The number of likely N-dealkylation sites (tertiary alicyclic amines) is 1. The summed E-state index contributed by atoms with van der Waals surface area (Å²) in [7, 11) is 0. The van der Waals surface area contributed by atoms with E-state index >= 15 is 0 Å². The van der Waals surface area contributed by atoms with Gasteiger partial charge in [-0.15, -0.1) is 0 Å². The Morgan fingerprint density at radius 1 is 1.23 bits per heavy atom. The number of aliphatic carboxylic acids is 2. The molecule has 1 aromatic carbocycles. The minimum atomic E-state index is -1.32. The lowest BCUT2D eigenvalue weighted by molar-refractivity contribution is -0.149. The van der Waals surface area contributed by atoms with Gasteiger partial charge in [0.15, 0.2) is 0 Å². The fourth-order valence-electron chi connectivity index (χ4n) is 3.77. The Morgan fingerprint density at radius 2 is 1.97 bits per heavy atom. The first-order chi connectivity index (χ1) is 14.3. The van der Waals surface area contributed by atoms with Gasteiger partial charge in [-0.1, -0.05) is 18.2 Å². The van der Waals surface area contributed by atoms with Crippen LogP contribution in [-0.4, -0.2) is 68.5 Å². The van der Waals surface area contributed by atoms with Crippen molar-refractivity contribution in [3.8, 4) is 0 Å². The number of carboxylic acid groups (broad SMARTS) is 2. The topological polar surface area (TPSA) is 166 Å². The molecule has 160 valence electrons. The van der Waals surface area contributed by atoms with Crippen LogP contribution in [-0.2, 0) is 25.6 Å². The number of nitrogens with two attached hydrogens (primary N) is 1. The summed E-state index contributed by atoms with van der Waals surface area (Å²) >= 11 is 0. The highest BCUT2D eigenvalue weighted by Crippen LogP contribution is 2.22. The molecule has 1 saturated heterocycles. The maximum absolute atomic E-state index is 13.2. The molecule has 0 spiro atoms. The number of fused-ring (bicyclic) bond motifs is 1. The minimum absolute atomic E-state index is 0.108. The van der Waals surface area contributed by atoms with Gasteiger partial charge >= 0.3 is 11.9 Å². The number of rotatable bonds is 8. The molecule has 3 atom stereocenters. The van der Waals surface area contributed by atoms with Crippen LogP contribution in [0, 0.1) is 0 Å². The van der Waals surface area contributed by atoms with Crippen LogP contribution in [0.4, 0.5) is 0 Å². The quantitative estimate of drug-likeness (QED) is 0.406. The van der Waals surface area contributed by atoms with E-state index in [1.807, 2.05) is 24.3 Å². The smallest absolute Gasteiger partial charge is 0.326 e. The molecule has 0 bridgehead atoms. The van der Waals surface area contributed by atoms with Gasteiger partial charge < -0.3 is 31.1 Å². The van der Waals surface area contributed by atoms with Gasteiger partial charge in [-0.2, -0.15) is 0 Å². The maximum atomic E-state index is 13.2. The Labute approximate surface area is 172 Å². The van der Waals surface area contributed by atoms with Crippen molar-refractivity contribution in [2.45, 2.75) is 43.8 Å². The third kappa shape index (κ3) is 4.60. The van der Waals surface area contributed by atoms with E-state index in [2.05, 4.69) is 10.3 Å². The summed E-state index contributed by atoms with van der Waals surface area (Å²) in [6.45, 7) is 0.275. The number of aromatic amines is 1. The van der Waals surface area contributed by atoms with Gasteiger partial charge in [-0.05, 0) is 24.5 Å². The molecular formula is C20H24N4O6. The van der Waals surface area contributed by atoms with E-state index in [-0.39, 0.29) is 13.0 Å². The number of nitrogens with zero attached hydrogens (tertiary/aromatic N) is 1. The molecule has 2 amide bonds. The third-order valence-corrected chi connectivity index (χ3v) is 5.27. The second-order valence-electron chi connectivity index (χ2n) is 7.36. The van der Waals surface area contributed by atoms with E-state index in [1.165, 1.54) is 4.90 Å². The number of carbonyl (C=O) groups is 4. The lowest BCUT2D eigenvalue weighted by Gasteiger charge is -2.28. The number of para-hydroxylation sites is 1. The van der Waals surface area contributed by atoms with Crippen LogP contribution in [0.2, 0.25) is 0 Å². The fraction of sp³-hybridized carbons (Fsp3) is 0.400. The number of aromatic nitrogens is 1. The molecule has 1 fully saturated rings. The van der Waals surface area contributed by atoms with E-state index in [9.17, 15) is 24.3 Å². The summed E-state index contributed by atoms with van der Waals surface area (Å²) in [6.07, 6.45) is 2.15. The molecule has 3 rings (SSSR count). The number of hydrogen-bond acceptors (Lipinski definition) is 5. The van der Waals surface area contributed by atoms with Gasteiger partial charge in [0, 0.05) is 30.1 Å². The Morgan fingerprint density at radius 3 is 2.67 bits per heavy atom. The average molecular weight is 416 g/mol. The first-order valence-electron chi connectivity index (χ1n) is 9.64. The molecule has 0 saturated carbocycles. The summed E-state index contributed by atoms with van der Waals surface area (Å²) < 4.78 is 0. The predicted octanol–water partition coefficient (Wildman–Crippen LogP) is 0.0728. The van der Waals surface area contributed by atoms with Crippen LogP contribution in [0.15, 0.2) is 30.5 Å². The molecule has 10 heteroatoms. The Kier molecular flexibility index (Phi) is 6.36. The molecule has 1 aliphatic heterocycles. The van der Waals surface area contributed by atoms with Gasteiger partial charge in [0.1, 0.15) is 12.1 Å². The van der Waals surface area contributed by atoms with Gasteiger partial charge in [-0.3, -0.25) is 14.4 Å². The van der Waals surface area contributed by atoms with Crippen LogP contribution in [0.3, 0.4) is 0 Å². The summed E-state index contributed by atoms with van der Waals surface area (Å²) in [5, 5.41) is 21.7. The van der Waals surface area contributed by atoms with Crippen molar-refractivity contribution in [1.82, 2.24) is 15.2 Å². The van der Waals surface area contributed by atoms with E-state index in [0.29, 0.717) is 12.8 Å². The third-order valence-electron chi connectivity index (χ3n) is 5.27. The van der Waals surface area contributed by atoms with Crippen molar-refractivity contribution in [1.29, 1.82) is 0 Å². The SMILES string of the molecule is N[C@@H](CC(=O)O)C(=O)N[C@@H](Cc1c[nH]c2ccccc12)C(=O)N1CCC[C@@H]1C(=O)O. The molecule has 2 heterocycles. The summed E-state index contributed by atoms with van der Waals surface area (Å²) in [5.41, 5.74) is 7.27. The summed E-state index contributed by atoms with van der Waals surface area (Å²) in [4.78, 5) is 52.3. The largest absolute Gasteiger partial charge is 0.481 e. The lowest BCUT2D eigenvalue weighted by atomic mass is 10.0. The van der Waals surface area contributed by atoms with Gasteiger partial charge in [-0.25, -0.2) is 4.79 Å². The zero-order valence-corrected chi connectivity index (χ0v) is 16.2. The first-order valence-corrected chi connectivity index (χ1v) is 9.64. The molecule has 10 nitrogen and oxygen atoms in total. The first kappa shape index (κ1) is 21.3. The van der Waals surface area contributed by atoms with Crippen molar-refractivity contribution >= 4 is 34.7 Å². The van der Waals surface area contributed by atoms with Crippen LogP contribution in [0.25, 0.3) is 10.9 Å². The van der Waals surface area contributed by atoms with E-state index in [0.717, 1.165) is 16.5 Å². The van der Waals surface area contributed by atoms with Crippen molar-refractivity contribution in [2.24, 2.45) is 5.73 Å². The van der Waals surface area contributed by atoms with Crippen molar-refractivity contribution in [3.05, 3.63) is 36.0 Å². The van der Waals surface area contributed by atoms with Crippen molar-refractivity contribution < 1.29 is 29.4 Å². The number of H-pyrrole nitrogens is 1. The van der Waals surface area contributed by atoms with Crippen molar-refractivity contribution in [2.75, 3.05) is 6.54 Å². The predicted molar refractivity (Wildman–Crippen MR) is 107 cm³/mol. The molecule has 1 aromatic heterocycles. The number of benzene rings is 1. The van der Waals surface area contributed by atoms with E-state index < -0.39 is 48.3 Å². The number of carboxylic acids is 2. The summed E-state index contributed by atoms with van der Waals surface area (Å²) in [5.74, 6) is -3.63. The normalized spacial score (nSPS) is 18.2. The highest BCUT2D eigenvalue weighted by molar-refractivity contribution is 5.94. The molecule has 0 unspecified atom stereocenters. The van der Waals surface area contributed by atoms with Gasteiger partial charge in [0.05, 0.1) is 12.5 Å². The zero-order chi connectivity index (χ0) is 21.8. The highest BCUT2D eigenvalue weighted by Gasteiger charge is 2.38. The molecule has 0 radical (unpaired) electrons. The number of hydrogen-bond donors (Lipinski definition) is 5. The Bertz CT molecular complexity index is 971. The van der Waals surface area contributed by atoms with Crippen molar-refractivity contribution in [3.63, 3.8) is 0 Å². The minimum Gasteiger partial charge on any atom is -0.481 e. The van der Waals surface area contributed by atoms with E-state index in [4.69, 9.17) is 10.8 Å². The van der Waals surface area contributed by atoms with Crippen LogP contribution >= 0.6 is 0 Å². The number of carbonyl (C=O) groups excluding carboxylic acids is 2. The number of nitrogens with one attached hydrogen (secondary N) is 2. The molecule has 0 aliphatic carbocycles. The number of amides is 2. The average Bonchev–Trinajstić information content (AvgIpc) is 3.34. The molecule has 30 heavy (non-hydrogen) atoms. The van der Waals surface area contributed by atoms with Crippen LogP contribution < -0.4 is 11.1 Å². The lowest BCUT2D eigenvalue weighted by Crippen LogP contribution is -2.55. The standard InChI is InChI=1S/C20H24N4O6/c21-13(9-17(25)26)18(27)23-15(19(28)24-7-3-6-16(24)20(29)30)8-11-10-22-14-5-2-1-4-12(11)14/h1-2,4-5,10,13,15-16,22H,3,6-9,21H2,(H,23,27)(H,25,26)(H,29,30)/t13-,15-,16+/m0/s1.